The van der Waals surface area contributed by atoms with Crippen LogP contribution in [0.2, 0.25) is 0 Å². The van der Waals surface area contributed by atoms with E-state index >= 15 is 0 Å². The predicted molar refractivity (Wildman–Crippen MR) is 45.9 cm³/mol. The molecular formula is C8H15N3O. The Bertz CT molecular complexity index is 183. The third-order valence-corrected chi connectivity index (χ3v) is 2.89. The van der Waals surface area contributed by atoms with Crippen LogP contribution in [-0.4, -0.2) is 44.2 Å². The summed E-state index contributed by atoms with van der Waals surface area (Å²) in [7, 11) is 1.69. The molecule has 0 spiro atoms. The molecule has 2 rings (SSSR count). The Kier molecular flexibility index (Phi) is 1.92. The molecule has 0 aromatic heterocycles. The Morgan fingerprint density at radius 3 is 2.50 bits per heavy atom. The molecule has 0 aromatic carbocycles. The van der Waals surface area contributed by atoms with Gasteiger partial charge in [0.2, 0.25) is 0 Å². The number of hydrogen-bond donors (Lipinski definition) is 2. The summed E-state index contributed by atoms with van der Waals surface area (Å²) in [5.74, 6) is 1.39. The standard InChI is InChI=1S/C8H15N3O/c1-9-8(12)11-4-6-2-10-3-7(6)5-11/h6-7,10H,2-5H2,1H3,(H,9,12)/t6-,7+. The van der Waals surface area contributed by atoms with Crippen LogP contribution < -0.4 is 10.6 Å². The summed E-state index contributed by atoms with van der Waals surface area (Å²) in [6.07, 6.45) is 0. The molecule has 0 bridgehead atoms. The highest BCUT2D eigenvalue weighted by atomic mass is 16.2. The Balaban J connectivity index is 1.94. The van der Waals surface area contributed by atoms with Crippen molar-refractivity contribution in [3.05, 3.63) is 0 Å². The van der Waals surface area contributed by atoms with E-state index in [2.05, 4.69) is 10.6 Å². The van der Waals surface area contributed by atoms with E-state index in [9.17, 15) is 4.79 Å². The van der Waals surface area contributed by atoms with E-state index in [0.717, 1.165) is 26.2 Å². The highest BCUT2D eigenvalue weighted by molar-refractivity contribution is 5.74. The molecule has 0 unspecified atom stereocenters. The molecular weight excluding hydrogens is 154 g/mol. The van der Waals surface area contributed by atoms with Gasteiger partial charge >= 0.3 is 6.03 Å². The van der Waals surface area contributed by atoms with Gasteiger partial charge in [-0.3, -0.25) is 0 Å². The maximum absolute atomic E-state index is 11.2. The van der Waals surface area contributed by atoms with E-state index < -0.39 is 0 Å². The van der Waals surface area contributed by atoms with Gasteiger partial charge in [0.1, 0.15) is 0 Å². The molecule has 2 aliphatic heterocycles. The second-order valence-electron chi connectivity index (χ2n) is 3.64. The maximum Gasteiger partial charge on any atom is 0.317 e. The van der Waals surface area contributed by atoms with Gasteiger partial charge in [-0.25, -0.2) is 4.79 Å². The van der Waals surface area contributed by atoms with Crippen LogP contribution in [0.4, 0.5) is 4.79 Å². The van der Waals surface area contributed by atoms with Crippen molar-refractivity contribution in [3.8, 4) is 0 Å². The summed E-state index contributed by atoms with van der Waals surface area (Å²) in [5, 5.41) is 6.01. The lowest BCUT2D eigenvalue weighted by molar-refractivity contribution is 0.207. The molecule has 12 heavy (non-hydrogen) atoms. The zero-order valence-electron chi connectivity index (χ0n) is 7.34. The average molecular weight is 169 g/mol. The van der Waals surface area contributed by atoms with Gasteiger partial charge in [-0.15, -0.1) is 0 Å². The normalized spacial score (nSPS) is 33.6. The second-order valence-corrected chi connectivity index (χ2v) is 3.64. The van der Waals surface area contributed by atoms with Crippen molar-refractivity contribution in [2.45, 2.75) is 0 Å². The van der Waals surface area contributed by atoms with Crippen molar-refractivity contribution in [1.82, 2.24) is 15.5 Å². The average Bonchev–Trinajstić information content (AvgIpc) is 2.60. The molecule has 2 N–H and O–H groups in total. The van der Waals surface area contributed by atoms with Crippen LogP contribution in [0.1, 0.15) is 0 Å². The van der Waals surface area contributed by atoms with Crippen molar-refractivity contribution >= 4 is 6.03 Å². The van der Waals surface area contributed by atoms with Crippen LogP contribution in [0.15, 0.2) is 0 Å². The van der Waals surface area contributed by atoms with Gasteiger partial charge in [-0.1, -0.05) is 0 Å². The molecule has 68 valence electrons. The van der Waals surface area contributed by atoms with Crippen LogP contribution in [-0.2, 0) is 0 Å². The largest absolute Gasteiger partial charge is 0.341 e. The van der Waals surface area contributed by atoms with Gasteiger partial charge in [0.05, 0.1) is 0 Å². The Morgan fingerprint density at radius 2 is 2.00 bits per heavy atom. The SMILES string of the molecule is CNC(=O)N1C[C@H]2CNC[C@H]2C1. The maximum atomic E-state index is 11.2. The lowest BCUT2D eigenvalue weighted by Gasteiger charge is -2.16. The molecule has 4 heteroatoms. The van der Waals surface area contributed by atoms with Crippen LogP contribution in [0.5, 0.6) is 0 Å². The Morgan fingerprint density at radius 1 is 1.42 bits per heavy atom. The summed E-state index contributed by atoms with van der Waals surface area (Å²) in [5.41, 5.74) is 0. The van der Waals surface area contributed by atoms with Gasteiger partial charge < -0.3 is 15.5 Å². The number of likely N-dealkylation sites (tertiary alicyclic amines) is 1. The Labute approximate surface area is 72.3 Å². The van der Waals surface area contributed by atoms with Gasteiger partial charge in [-0.2, -0.15) is 0 Å². The number of nitrogens with zero attached hydrogens (tertiary/aromatic N) is 1. The van der Waals surface area contributed by atoms with E-state index in [4.69, 9.17) is 0 Å². The van der Waals surface area contributed by atoms with Crippen molar-refractivity contribution in [1.29, 1.82) is 0 Å². The first-order valence-corrected chi connectivity index (χ1v) is 4.48. The van der Waals surface area contributed by atoms with Crippen molar-refractivity contribution in [3.63, 3.8) is 0 Å². The van der Waals surface area contributed by atoms with Crippen molar-refractivity contribution < 1.29 is 4.79 Å². The number of nitrogens with one attached hydrogen (secondary N) is 2. The molecule has 2 aliphatic rings. The topological polar surface area (TPSA) is 44.4 Å². The molecule has 2 atom stereocenters. The first-order valence-electron chi connectivity index (χ1n) is 4.48. The molecule has 2 amide bonds. The summed E-state index contributed by atoms with van der Waals surface area (Å²) in [4.78, 5) is 13.2. The fraction of sp³-hybridized carbons (Fsp3) is 0.875. The number of fused-ring (bicyclic) bond motifs is 1. The molecule has 4 nitrogen and oxygen atoms in total. The quantitative estimate of drug-likeness (QED) is 0.512. The third kappa shape index (κ3) is 1.16. The molecule has 0 aliphatic carbocycles. The summed E-state index contributed by atoms with van der Waals surface area (Å²) < 4.78 is 0. The second kappa shape index (κ2) is 2.94. The van der Waals surface area contributed by atoms with E-state index in [1.54, 1.807) is 7.05 Å². The highest BCUT2D eigenvalue weighted by Crippen LogP contribution is 2.25. The number of urea groups is 1. The van der Waals surface area contributed by atoms with Crippen LogP contribution in [0.3, 0.4) is 0 Å². The number of hydrogen-bond acceptors (Lipinski definition) is 2. The number of carbonyl (C=O) groups is 1. The van der Waals surface area contributed by atoms with Gasteiger partial charge in [0.15, 0.2) is 0 Å². The van der Waals surface area contributed by atoms with Gasteiger partial charge in [0, 0.05) is 33.2 Å². The minimum atomic E-state index is 0.0735. The first kappa shape index (κ1) is 7.86. The van der Waals surface area contributed by atoms with Gasteiger partial charge in [0.25, 0.3) is 0 Å². The molecule has 0 radical (unpaired) electrons. The minimum absolute atomic E-state index is 0.0735. The fourth-order valence-electron chi connectivity index (χ4n) is 2.18. The van der Waals surface area contributed by atoms with E-state index in [1.165, 1.54) is 0 Å². The zero-order valence-corrected chi connectivity index (χ0v) is 7.34. The molecule has 2 saturated heterocycles. The van der Waals surface area contributed by atoms with Crippen molar-refractivity contribution in [2.75, 3.05) is 33.2 Å². The predicted octanol–water partition coefficient (Wildman–Crippen LogP) is -0.523. The number of amides is 2. The zero-order chi connectivity index (χ0) is 8.55. The number of carbonyl (C=O) groups excluding carboxylic acids is 1. The van der Waals surface area contributed by atoms with E-state index in [1.807, 2.05) is 4.90 Å². The Hall–Kier alpha value is -0.770. The third-order valence-electron chi connectivity index (χ3n) is 2.89. The molecule has 2 heterocycles. The van der Waals surface area contributed by atoms with Gasteiger partial charge in [-0.05, 0) is 11.8 Å². The summed E-state index contributed by atoms with van der Waals surface area (Å²) >= 11 is 0. The van der Waals surface area contributed by atoms with E-state index in [0.29, 0.717) is 11.8 Å². The van der Waals surface area contributed by atoms with Crippen LogP contribution in [0.25, 0.3) is 0 Å². The van der Waals surface area contributed by atoms with Crippen LogP contribution in [0, 0.1) is 11.8 Å². The lowest BCUT2D eigenvalue weighted by Crippen LogP contribution is -2.38. The number of rotatable bonds is 0. The lowest BCUT2D eigenvalue weighted by atomic mass is 10.0. The molecule has 0 saturated carbocycles. The summed E-state index contributed by atoms with van der Waals surface area (Å²) in [6, 6.07) is 0.0735. The molecule has 0 aromatic rings. The fourth-order valence-corrected chi connectivity index (χ4v) is 2.18. The summed E-state index contributed by atoms with van der Waals surface area (Å²) in [6.45, 7) is 4.02. The highest BCUT2D eigenvalue weighted by Gasteiger charge is 2.37. The minimum Gasteiger partial charge on any atom is -0.341 e. The molecule has 2 fully saturated rings. The monoisotopic (exact) mass is 169 g/mol. The first-order chi connectivity index (χ1) is 5.81. The smallest absolute Gasteiger partial charge is 0.317 e. The van der Waals surface area contributed by atoms with Crippen LogP contribution >= 0.6 is 0 Å². The van der Waals surface area contributed by atoms with E-state index in [-0.39, 0.29) is 6.03 Å². The van der Waals surface area contributed by atoms with Crippen molar-refractivity contribution in [2.24, 2.45) is 11.8 Å².